The summed E-state index contributed by atoms with van der Waals surface area (Å²) in [5, 5.41) is 9.45. The molecule has 0 atom stereocenters. The van der Waals surface area contributed by atoms with Gasteiger partial charge in [0.2, 0.25) is 5.43 Å². The molecule has 0 spiro atoms. The van der Waals surface area contributed by atoms with Crippen LogP contribution in [0.4, 0.5) is 4.39 Å². The Labute approximate surface area is 163 Å². The van der Waals surface area contributed by atoms with E-state index in [0.717, 1.165) is 11.6 Å². The van der Waals surface area contributed by atoms with Crippen molar-refractivity contribution in [1.29, 1.82) is 0 Å². The van der Waals surface area contributed by atoms with Crippen LogP contribution >= 0.6 is 0 Å². The predicted octanol–water partition coefficient (Wildman–Crippen LogP) is 5.38. The number of carbonyl (C=O) groups is 1. The summed E-state index contributed by atoms with van der Waals surface area (Å²) in [5.41, 5.74) is 1.21. The van der Waals surface area contributed by atoms with E-state index in [1.54, 1.807) is 10.6 Å². The summed E-state index contributed by atoms with van der Waals surface area (Å²) in [7, 11) is 0. The number of hydrogen-bond acceptors (Lipinski definition) is 2. The highest BCUT2D eigenvalue weighted by Crippen LogP contribution is 2.30. The first kappa shape index (κ1) is 19.8. The number of aromatic carboxylic acids is 1. The number of halogens is 1. The van der Waals surface area contributed by atoms with E-state index in [0.29, 0.717) is 22.6 Å². The molecule has 0 saturated carbocycles. The zero-order valence-corrected chi connectivity index (χ0v) is 16.7. The Morgan fingerprint density at radius 3 is 2.21 bits per heavy atom. The maximum Gasteiger partial charge on any atom is 0.341 e. The summed E-state index contributed by atoms with van der Waals surface area (Å²) in [6.45, 7) is 9.90. The van der Waals surface area contributed by atoms with Gasteiger partial charge < -0.3 is 9.67 Å². The van der Waals surface area contributed by atoms with E-state index in [1.807, 2.05) is 45.0 Å². The van der Waals surface area contributed by atoms with E-state index in [-0.39, 0.29) is 10.9 Å². The first-order valence-corrected chi connectivity index (χ1v) is 9.23. The lowest BCUT2D eigenvalue weighted by molar-refractivity contribution is 0.0694. The van der Waals surface area contributed by atoms with Crippen LogP contribution in [0, 0.1) is 5.82 Å². The molecule has 0 aliphatic rings. The number of pyridine rings is 1. The van der Waals surface area contributed by atoms with Gasteiger partial charge in [0.25, 0.3) is 0 Å². The molecule has 1 heterocycles. The van der Waals surface area contributed by atoms with Crippen LogP contribution in [0.15, 0.2) is 47.4 Å². The number of benzene rings is 2. The van der Waals surface area contributed by atoms with E-state index in [4.69, 9.17) is 0 Å². The fraction of sp³-hybridized carbons (Fsp3) is 0.304. The van der Waals surface area contributed by atoms with Crippen molar-refractivity contribution in [3.8, 4) is 11.1 Å². The average molecular weight is 381 g/mol. The molecule has 0 unspecified atom stereocenters. The van der Waals surface area contributed by atoms with Crippen LogP contribution in [0.3, 0.4) is 0 Å². The lowest BCUT2D eigenvalue weighted by Gasteiger charge is -2.26. The first-order chi connectivity index (χ1) is 13.0. The number of hydrogen-bond donors (Lipinski definition) is 1. The van der Waals surface area contributed by atoms with Crippen molar-refractivity contribution < 1.29 is 14.3 Å². The zero-order valence-electron chi connectivity index (χ0n) is 16.7. The Bertz CT molecular complexity index is 1120. The highest BCUT2D eigenvalue weighted by atomic mass is 19.1. The Morgan fingerprint density at radius 1 is 1.11 bits per heavy atom. The third-order valence-electron chi connectivity index (χ3n) is 4.93. The van der Waals surface area contributed by atoms with Crippen LogP contribution in [0.1, 0.15) is 56.5 Å². The molecule has 1 N–H and O–H groups in total. The Kier molecular flexibility index (Phi) is 4.88. The van der Waals surface area contributed by atoms with Gasteiger partial charge in [-0.3, -0.25) is 4.79 Å². The molecular weight excluding hydrogens is 357 g/mol. The molecule has 2 aromatic carbocycles. The van der Waals surface area contributed by atoms with Crippen LogP contribution in [-0.2, 0) is 5.54 Å². The standard InChI is InChI=1S/C23H24FNO3/c1-13(2)14-6-8-15(9-7-14)16-11-20-17(10-19(16)24)21(26)18(22(27)28)12-25(20)23(3,4)5/h6-13H,1-5H3,(H,27,28). The largest absolute Gasteiger partial charge is 0.477 e. The van der Waals surface area contributed by atoms with Crippen molar-refractivity contribution in [2.45, 2.75) is 46.1 Å². The molecule has 0 aliphatic carbocycles. The second kappa shape index (κ2) is 6.89. The van der Waals surface area contributed by atoms with Gasteiger partial charge in [0, 0.05) is 22.7 Å². The second-order valence-corrected chi connectivity index (χ2v) is 8.34. The molecule has 3 aromatic rings. The minimum Gasteiger partial charge on any atom is -0.477 e. The van der Waals surface area contributed by atoms with Crippen molar-refractivity contribution in [3.63, 3.8) is 0 Å². The summed E-state index contributed by atoms with van der Waals surface area (Å²) in [5.74, 6) is -1.50. The van der Waals surface area contributed by atoms with E-state index in [1.165, 1.54) is 6.20 Å². The molecule has 1 aromatic heterocycles. The third-order valence-corrected chi connectivity index (χ3v) is 4.93. The molecule has 3 rings (SSSR count). The van der Waals surface area contributed by atoms with E-state index in [9.17, 15) is 19.1 Å². The summed E-state index contributed by atoms with van der Waals surface area (Å²) >= 11 is 0. The number of carboxylic acids is 1. The minimum atomic E-state index is -1.32. The van der Waals surface area contributed by atoms with Gasteiger partial charge in [-0.1, -0.05) is 38.1 Å². The monoisotopic (exact) mass is 381 g/mol. The van der Waals surface area contributed by atoms with Crippen LogP contribution < -0.4 is 5.43 Å². The number of aromatic nitrogens is 1. The summed E-state index contributed by atoms with van der Waals surface area (Å²) in [4.78, 5) is 24.1. The predicted molar refractivity (Wildman–Crippen MR) is 110 cm³/mol. The van der Waals surface area contributed by atoms with Gasteiger partial charge in [0.15, 0.2) is 0 Å². The maximum absolute atomic E-state index is 14.9. The highest BCUT2D eigenvalue weighted by Gasteiger charge is 2.22. The molecular formula is C23H24FNO3. The minimum absolute atomic E-state index is 0.0647. The molecule has 0 radical (unpaired) electrons. The molecule has 0 bridgehead atoms. The maximum atomic E-state index is 14.9. The zero-order chi connectivity index (χ0) is 20.8. The van der Waals surface area contributed by atoms with Gasteiger partial charge in [-0.05, 0) is 49.9 Å². The fourth-order valence-electron chi connectivity index (χ4n) is 3.32. The third kappa shape index (κ3) is 3.44. The van der Waals surface area contributed by atoms with Crippen molar-refractivity contribution in [3.05, 3.63) is 69.8 Å². The highest BCUT2D eigenvalue weighted by molar-refractivity contribution is 5.94. The second-order valence-electron chi connectivity index (χ2n) is 8.34. The average Bonchev–Trinajstić information content (AvgIpc) is 2.60. The van der Waals surface area contributed by atoms with Crippen molar-refractivity contribution in [2.75, 3.05) is 0 Å². The summed E-state index contributed by atoms with van der Waals surface area (Å²) in [6, 6.07) is 10.4. The first-order valence-electron chi connectivity index (χ1n) is 9.23. The summed E-state index contributed by atoms with van der Waals surface area (Å²) < 4.78 is 16.6. The van der Waals surface area contributed by atoms with Gasteiger partial charge in [-0.25, -0.2) is 9.18 Å². The van der Waals surface area contributed by atoms with Gasteiger partial charge in [-0.2, -0.15) is 0 Å². The molecule has 0 amide bonds. The fourth-order valence-corrected chi connectivity index (χ4v) is 3.32. The van der Waals surface area contributed by atoms with E-state index in [2.05, 4.69) is 13.8 Å². The lowest BCUT2D eigenvalue weighted by Crippen LogP contribution is -2.27. The van der Waals surface area contributed by atoms with E-state index >= 15 is 0 Å². The topological polar surface area (TPSA) is 59.3 Å². The van der Waals surface area contributed by atoms with Crippen LogP contribution in [0.2, 0.25) is 0 Å². The number of fused-ring (bicyclic) bond motifs is 1. The van der Waals surface area contributed by atoms with Gasteiger partial charge in [0.05, 0.1) is 5.52 Å². The number of nitrogens with zero attached hydrogens (tertiary/aromatic N) is 1. The number of rotatable bonds is 3. The molecule has 28 heavy (non-hydrogen) atoms. The van der Waals surface area contributed by atoms with Crippen LogP contribution in [-0.4, -0.2) is 15.6 Å². The number of carboxylic acid groups (broad SMARTS) is 1. The SMILES string of the molecule is CC(C)c1ccc(-c2cc3c(cc2F)c(=O)c(C(=O)O)cn3C(C)(C)C)cc1. The molecule has 0 aliphatic heterocycles. The molecule has 146 valence electrons. The Hall–Kier alpha value is -2.95. The summed E-state index contributed by atoms with van der Waals surface area (Å²) in [6.07, 6.45) is 1.34. The van der Waals surface area contributed by atoms with Crippen LogP contribution in [0.5, 0.6) is 0 Å². The van der Waals surface area contributed by atoms with Crippen molar-refractivity contribution >= 4 is 16.9 Å². The quantitative estimate of drug-likeness (QED) is 0.662. The van der Waals surface area contributed by atoms with Crippen LogP contribution in [0.25, 0.3) is 22.0 Å². The smallest absolute Gasteiger partial charge is 0.341 e. The Morgan fingerprint density at radius 2 is 1.71 bits per heavy atom. The Balaban J connectivity index is 2.34. The molecule has 4 nitrogen and oxygen atoms in total. The molecule has 5 heteroatoms. The van der Waals surface area contributed by atoms with Crippen molar-refractivity contribution in [1.82, 2.24) is 4.57 Å². The van der Waals surface area contributed by atoms with E-state index < -0.39 is 22.8 Å². The van der Waals surface area contributed by atoms with Gasteiger partial charge >= 0.3 is 5.97 Å². The molecule has 0 fully saturated rings. The lowest BCUT2D eigenvalue weighted by atomic mass is 9.96. The van der Waals surface area contributed by atoms with Crippen molar-refractivity contribution in [2.24, 2.45) is 0 Å². The van der Waals surface area contributed by atoms with Gasteiger partial charge in [-0.15, -0.1) is 0 Å². The van der Waals surface area contributed by atoms with Gasteiger partial charge in [0.1, 0.15) is 11.4 Å². The molecule has 0 saturated heterocycles. The normalized spacial score (nSPS) is 12.0.